The maximum Gasteiger partial charge on any atom is 0.313 e. The van der Waals surface area contributed by atoms with Crippen LogP contribution in [0.2, 0.25) is 0 Å². The van der Waals surface area contributed by atoms with Crippen LogP contribution in [-0.2, 0) is 22.7 Å². The molecule has 1 aromatic heterocycles. The van der Waals surface area contributed by atoms with Crippen molar-refractivity contribution in [2.45, 2.75) is 13.2 Å². The molecule has 3 aromatic rings. The van der Waals surface area contributed by atoms with Crippen LogP contribution in [-0.4, -0.2) is 22.0 Å². The van der Waals surface area contributed by atoms with E-state index in [0.29, 0.717) is 22.7 Å². The van der Waals surface area contributed by atoms with Crippen molar-refractivity contribution in [3.05, 3.63) is 77.6 Å². The van der Waals surface area contributed by atoms with E-state index in [9.17, 15) is 9.59 Å². The largest absolute Gasteiger partial charge is 0.489 e. The number of nitrogens with zero attached hydrogens (tertiary/aromatic N) is 2. The second-order valence-corrected chi connectivity index (χ2v) is 5.85. The second kappa shape index (κ2) is 9.00. The number of ether oxygens (including phenoxy) is 1. The van der Waals surface area contributed by atoms with Gasteiger partial charge in [-0.15, -0.1) is 0 Å². The summed E-state index contributed by atoms with van der Waals surface area (Å²) in [5.74, 6) is -1.01. The number of H-pyrrole nitrogens is 1. The average molecular weight is 375 g/mol. The number of amides is 2. The maximum atomic E-state index is 12.0. The van der Waals surface area contributed by atoms with Crippen molar-refractivity contribution in [3.63, 3.8) is 0 Å². The Bertz CT molecular complexity index is 1010. The van der Waals surface area contributed by atoms with Gasteiger partial charge >= 0.3 is 11.8 Å². The zero-order valence-corrected chi connectivity index (χ0v) is 14.8. The Balaban J connectivity index is 1.54. The lowest BCUT2D eigenvalue weighted by Crippen LogP contribution is -2.35. The Morgan fingerprint density at radius 3 is 2.75 bits per heavy atom. The Morgan fingerprint density at radius 1 is 1.11 bits per heavy atom. The van der Waals surface area contributed by atoms with Crippen LogP contribution in [0.4, 0.5) is 5.69 Å². The molecule has 8 heteroatoms. The van der Waals surface area contributed by atoms with Crippen LogP contribution in [0.5, 0.6) is 5.75 Å². The molecule has 2 aromatic carbocycles. The number of benzene rings is 2. The smallest absolute Gasteiger partial charge is 0.313 e. The molecule has 3 rings (SSSR count). The van der Waals surface area contributed by atoms with Crippen molar-refractivity contribution < 1.29 is 14.3 Å². The predicted octanol–water partition coefficient (Wildman–Crippen LogP) is 2.12. The van der Waals surface area contributed by atoms with Gasteiger partial charge in [0.25, 0.3) is 0 Å². The number of nitrogens with one attached hydrogen (secondary N) is 3. The van der Waals surface area contributed by atoms with Crippen molar-refractivity contribution in [2.75, 3.05) is 5.32 Å². The number of aromatic amines is 1. The van der Waals surface area contributed by atoms with Crippen LogP contribution < -0.4 is 15.4 Å². The van der Waals surface area contributed by atoms with Crippen LogP contribution in [0.15, 0.2) is 60.8 Å². The fourth-order valence-electron chi connectivity index (χ4n) is 2.39. The first-order valence-corrected chi connectivity index (χ1v) is 8.43. The summed E-state index contributed by atoms with van der Waals surface area (Å²) in [6.45, 7) is 0.453. The maximum absolute atomic E-state index is 12.0. The lowest BCUT2D eigenvalue weighted by molar-refractivity contribution is -0.136. The average Bonchev–Trinajstić information content (AvgIpc) is 3.24. The van der Waals surface area contributed by atoms with Crippen LogP contribution >= 0.6 is 0 Å². The zero-order chi connectivity index (χ0) is 19.8. The topological polar surface area (TPSA) is 120 Å². The summed E-state index contributed by atoms with van der Waals surface area (Å²) in [5, 5.41) is 20.4. The predicted molar refractivity (Wildman–Crippen MR) is 101 cm³/mol. The standard InChI is InChI=1S/C20H17N5O3/c21-11-14-3-1-4-15(9-14)13-28-18-6-2-5-16(10-18)24-20(27)19(26)22-12-17-7-8-23-25-17/h1-10H,12-13H2,(H,22,26)(H,23,25)(H,24,27). The highest BCUT2D eigenvalue weighted by atomic mass is 16.5. The molecule has 0 radical (unpaired) electrons. The molecule has 3 N–H and O–H groups in total. The van der Waals surface area contributed by atoms with Crippen molar-refractivity contribution in [1.82, 2.24) is 15.5 Å². The van der Waals surface area contributed by atoms with Gasteiger partial charge in [0.15, 0.2) is 0 Å². The minimum absolute atomic E-state index is 0.178. The first-order valence-electron chi connectivity index (χ1n) is 8.43. The molecule has 0 saturated carbocycles. The van der Waals surface area contributed by atoms with Crippen molar-refractivity contribution in [1.29, 1.82) is 5.26 Å². The van der Waals surface area contributed by atoms with E-state index in [4.69, 9.17) is 10.00 Å². The fourth-order valence-corrected chi connectivity index (χ4v) is 2.39. The summed E-state index contributed by atoms with van der Waals surface area (Å²) < 4.78 is 5.70. The molecule has 140 valence electrons. The van der Waals surface area contributed by atoms with Crippen molar-refractivity contribution in [3.8, 4) is 11.8 Å². The van der Waals surface area contributed by atoms with Gasteiger partial charge < -0.3 is 15.4 Å². The number of carbonyl (C=O) groups is 2. The van der Waals surface area contributed by atoms with Gasteiger partial charge in [-0.2, -0.15) is 10.4 Å². The van der Waals surface area contributed by atoms with E-state index >= 15 is 0 Å². The molecule has 0 aliphatic rings. The van der Waals surface area contributed by atoms with Gasteiger partial charge in [0.05, 0.1) is 23.9 Å². The van der Waals surface area contributed by atoms with Gasteiger partial charge in [-0.25, -0.2) is 0 Å². The Hall–Kier alpha value is -4.12. The van der Waals surface area contributed by atoms with Gasteiger partial charge in [0.1, 0.15) is 12.4 Å². The molecule has 1 heterocycles. The number of carbonyl (C=O) groups excluding carboxylic acids is 2. The van der Waals surface area contributed by atoms with Crippen molar-refractivity contribution >= 4 is 17.5 Å². The highest BCUT2D eigenvalue weighted by molar-refractivity contribution is 6.39. The molecule has 0 saturated heterocycles. The van der Waals surface area contributed by atoms with Crippen LogP contribution in [0.25, 0.3) is 0 Å². The first kappa shape index (κ1) is 18.7. The third-order valence-corrected chi connectivity index (χ3v) is 3.76. The molecule has 0 spiro atoms. The number of hydrogen-bond donors (Lipinski definition) is 3. The fraction of sp³-hybridized carbons (Fsp3) is 0.100. The molecule has 0 unspecified atom stereocenters. The van der Waals surface area contributed by atoms with Crippen LogP contribution in [0.1, 0.15) is 16.8 Å². The lowest BCUT2D eigenvalue weighted by atomic mass is 10.1. The van der Waals surface area contributed by atoms with Gasteiger partial charge in [-0.1, -0.05) is 18.2 Å². The normalized spacial score (nSPS) is 9.96. The molecular weight excluding hydrogens is 358 g/mol. The summed E-state index contributed by atoms with van der Waals surface area (Å²) in [7, 11) is 0. The van der Waals surface area contributed by atoms with Gasteiger partial charge in [-0.05, 0) is 35.9 Å². The molecule has 0 aliphatic heterocycles. The summed E-state index contributed by atoms with van der Waals surface area (Å²) in [6, 6.07) is 17.6. The lowest BCUT2D eigenvalue weighted by Gasteiger charge is -2.09. The van der Waals surface area contributed by atoms with E-state index in [1.807, 2.05) is 6.07 Å². The molecule has 28 heavy (non-hydrogen) atoms. The highest BCUT2D eigenvalue weighted by Crippen LogP contribution is 2.19. The third-order valence-electron chi connectivity index (χ3n) is 3.76. The van der Waals surface area contributed by atoms with E-state index < -0.39 is 11.8 Å². The Kier molecular flexibility index (Phi) is 6.00. The number of nitriles is 1. The molecule has 2 amide bonds. The van der Waals surface area contributed by atoms with Crippen molar-refractivity contribution in [2.24, 2.45) is 0 Å². The minimum atomic E-state index is -0.779. The zero-order valence-electron chi connectivity index (χ0n) is 14.8. The van der Waals surface area contributed by atoms with Crippen LogP contribution in [0.3, 0.4) is 0 Å². The van der Waals surface area contributed by atoms with E-state index in [1.165, 1.54) is 0 Å². The third kappa shape index (κ3) is 5.19. The van der Waals surface area contributed by atoms with E-state index in [-0.39, 0.29) is 13.2 Å². The summed E-state index contributed by atoms with van der Waals surface area (Å²) >= 11 is 0. The molecule has 0 fully saturated rings. The van der Waals surface area contributed by atoms with E-state index in [2.05, 4.69) is 26.9 Å². The summed E-state index contributed by atoms with van der Waals surface area (Å²) in [6.07, 6.45) is 1.56. The Labute approximate surface area is 161 Å². The number of aromatic nitrogens is 2. The molecule has 8 nitrogen and oxygen atoms in total. The number of rotatable bonds is 6. The molecular formula is C20H17N5O3. The Morgan fingerprint density at radius 2 is 1.96 bits per heavy atom. The SMILES string of the molecule is N#Cc1cccc(COc2cccc(NC(=O)C(=O)NCc3ccn[nH]3)c2)c1. The minimum Gasteiger partial charge on any atom is -0.489 e. The quantitative estimate of drug-likeness (QED) is 0.570. The van der Waals surface area contributed by atoms with Gasteiger partial charge in [0.2, 0.25) is 0 Å². The van der Waals surface area contributed by atoms with Gasteiger partial charge in [0, 0.05) is 18.0 Å². The second-order valence-electron chi connectivity index (χ2n) is 5.85. The molecule has 0 atom stereocenters. The summed E-state index contributed by atoms with van der Waals surface area (Å²) in [4.78, 5) is 23.9. The van der Waals surface area contributed by atoms with Gasteiger partial charge in [-0.3, -0.25) is 14.7 Å². The molecule has 0 bridgehead atoms. The van der Waals surface area contributed by atoms with E-state index in [0.717, 1.165) is 5.56 Å². The van der Waals surface area contributed by atoms with Crippen LogP contribution in [0, 0.1) is 11.3 Å². The van der Waals surface area contributed by atoms with E-state index in [1.54, 1.807) is 54.7 Å². The number of hydrogen-bond acceptors (Lipinski definition) is 5. The summed E-state index contributed by atoms with van der Waals surface area (Å²) in [5.41, 5.74) is 2.54. The molecule has 0 aliphatic carbocycles. The highest BCUT2D eigenvalue weighted by Gasteiger charge is 2.14. The first-order chi connectivity index (χ1) is 13.6. The number of anilines is 1. The monoisotopic (exact) mass is 375 g/mol.